The maximum Gasteiger partial charge on any atom is 0.266 e. The minimum Gasteiger partial charge on any atom is -0.386 e. The van der Waals surface area contributed by atoms with Crippen molar-refractivity contribution in [2.24, 2.45) is 0 Å². The number of aliphatic hydroxyl groups is 2. The van der Waals surface area contributed by atoms with Crippen LogP contribution in [-0.4, -0.2) is 66.6 Å². The molecule has 0 atom stereocenters. The number of hydrogen-bond donors (Lipinski definition) is 4. The van der Waals surface area contributed by atoms with Crippen LogP contribution in [0.1, 0.15) is 62.3 Å². The number of nitrogens with zero attached hydrogens (tertiary/aromatic N) is 4. The standard InChI is InChI=1S/C22H18Cl2N4O4S.C16H17BrCl2N2O4S.CH4/c1-22(2,30)16-10-13(3-4-17(16)24)33(31,32)28-18-9-12(23)11-27-19(18)20(29)14-5-7-25-21-15(14)6-8-26-21;1-16(2,22)12-7-11(4-5-13(12)19)26(23,24)21(9-25-3)14-6-10(18)8-20-15(14)17;/h3-11,28,30H,1-2H3,(H,25,26);4-8,22H,9H2,1-3H3;1H4. The molecule has 6 rings (SSSR count). The highest BCUT2D eigenvalue weighted by molar-refractivity contribution is 9.10. The molecule has 0 radical (unpaired) electrons. The van der Waals surface area contributed by atoms with Gasteiger partial charge in [-0.3, -0.25) is 9.52 Å². The van der Waals surface area contributed by atoms with Gasteiger partial charge in [0.2, 0.25) is 5.78 Å². The molecule has 21 heteroatoms. The third-order valence-electron chi connectivity index (χ3n) is 8.41. The fourth-order valence-electron chi connectivity index (χ4n) is 5.56. The zero-order valence-electron chi connectivity index (χ0n) is 31.6. The highest BCUT2D eigenvalue weighted by atomic mass is 79.9. The third-order valence-corrected chi connectivity index (χ3v) is 13.2. The fraction of sp³-hybridized carbons (Fsp3) is 0.231. The van der Waals surface area contributed by atoms with Gasteiger partial charge in [0.15, 0.2) is 0 Å². The number of carbonyl (C=O) groups is 1. The molecule has 0 unspecified atom stereocenters. The molecule has 0 aliphatic rings. The van der Waals surface area contributed by atoms with Crippen molar-refractivity contribution in [1.82, 2.24) is 19.9 Å². The minimum atomic E-state index is -4.19. The average Bonchev–Trinajstić information content (AvgIpc) is 3.63. The number of rotatable bonds is 12. The number of benzene rings is 2. The molecule has 4 heterocycles. The van der Waals surface area contributed by atoms with E-state index in [0.717, 1.165) is 4.31 Å². The van der Waals surface area contributed by atoms with E-state index in [0.29, 0.717) is 26.8 Å². The van der Waals surface area contributed by atoms with Gasteiger partial charge in [0, 0.05) is 64.0 Å². The first-order valence-electron chi connectivity index (χ1n) is 17.0. The molecule has 0 aliphatic carbocycles. The average molecular weight is 1010 g/mol. The van der Waals surface area contributed by atoms with Crippen LogP contribution in [0.4, 0.5) is 11.4 Å². The van der Waals surface area contributed by atoms with E-state index in [1.165, 1.54) is 108 Å². The number of fused-ring (bicyclic) bond motifs is 1. The summed E-state index contributed by atoms with van der Waals surface area (Å²) in [5.41, 5.74) is -1.35. The Morgan fingerprint density at radius 3 is 2.00 bits per heavy atom. The zero-order valence-corrected chi connectivity index (χ0v) is 37.9. The number of carbonyl (C=O) groups excluding carboxylic acids is 1. The van der Waals surface area contributed by atoms with Crippen molar-refractivity contribution >= 4 is 111 Å². The Balaban J connectivity index is 0.000000268. The Labute approximate surface area is 376 Å². The first kappa shape index (κ1) is 48.8. The number of aromatic nitrogens is 4. The third kappa shape index (κ3) is 10.9. The zero-order chi connectivity index (χ0) is 43.7. The van der Waals surface area contributed by atoms with Gasteiger partial charge in [-0.05, 0) is 104 Å². The lowest BCUT2D eigenvalue weighted by Crippen LogP contribution is -2.33. The molecule has 4 aromatic heterocycles. The lowest BCUT2D eigenvalue weighted by Gasteiger charge is -2.26. The second-order valence-corrected chi connectivity index (χ2v) is 19.7. The highest BCUT2D eigenvalue weighted by Gasteiger charge is 2.31. The molecule has 320 valence electrons. The van der Waals surface area contributed by atoms with E-state index in [2.05, 4.69) is 40.6 Å². The number of methoxy groups -OCH3 is 1. The first-order chi connectivity index (χ1) is 27.4. The van der Waals surface area contributed by atoms with Gasteiger partial charge in [-0.15, -0.1) is 0 Å². The largest absolute Gasteiger partial charge is 0.386 e. The normalized spacial score (nSPS) is 12.0. The lowest BCUT2D eigenvalue weighted by molar-refractivity contribution is 0.0779. The van der Waals surface area contributed by atoms with E-state index in [1.54, 1.807) is 12.3 Å². The number of H-pyrrole nitrogens is 1. The topological polar surface area (TPSA) is 205 Å². The van der Waals surface area contributed by atoms with Gasteiger partial charge in [0.25, 0.3) is 20.0 Å². The van der Waals surface area contributed by atoms with Crippen molar-refractivity contribution in [3.63, 3.8) is 0 Å². The van der Waals surface area contributed by atoms with E-state index >= 15 is 0 Å². The van der Waals surface area contributed by atoms with Crippen LogP contribution in [0.5, 0.6) is 0 Å². The van der Waals surface area contributed by atoms with Crippen molar-refractivity contribution in [2.45, 2.75) is 56.1 Å². The Kier molecular flexibility index (Phi) is 15.5. The van der Waals surface area contributed by atoms with Crippen molar-refractivity contribution in [3.8, 4) is 0 Å². The SMILES string of the molecule is C.CC(C)(O)c1cc(S(=O)(=O)Nc2cc(Cl)cnc2C(=O)c2ccnc3[nH]ccc23)ccc1Cl.COCN(c1cc(Cl)cnc1Br)S(=O)(=O)c1ccc(Cl)c(C(C)(C)O)c1. The molecule has 0 bridgehead atoms. The molecular formula is C39H39BrCl4N6O8S2. The Bertz CT molecular complexity index is 2780. The first-order valence-corrected chi connectivity index (χ1v) is 22.2. The lowest BCUT2D eigenvalue weighted by atomic mass is 9.99. The van der Waals surface area contributed by atoms with Crippen LogP contribution in [0.25, 0.3) is 11.0 Å². The summed E-state index contributed by atoms with van der Waals surface area (Å²) < 4.78 is 61.5. The van der Waals surface area contributed by atoms with Crippen molar-refractivity contribution in [2.75, 3.05) is 22.9 Å². The molecule has 0 saturated heterocycles. The van der Waals surface area contributed by atoms with Crippen LogP contribution in [-0.2, 0) is 36.0 Å². The molecule has 2 aromatic carbocycles. The van der Waals surface area contributed by atoms with Crippen LogP contribution in [0, 0.1) is 0 Å². The Hall–Kier alpha value is -3.88. The van der Waals surface area contributed by atoms with Gasteiger partial charge in [0.1, 0.15) is 22.7 Å². The molecule has 14 nitrogen and oxygen atoms in total. The smallest absolute Gasteiger partial charge is 0.266 e. The summed E-state index contributed by atoms with van der Waals surface area (Å²) in [6.07, 6.45) is 5.77. The molecule has 0 spiro atoms. The van der Waals surface area contributed by atoms with Crippen LogP contribution in [0.15, 0.2) is 99.8 Å². The monoisotopic (exact) mass is 1000 g/mol. The quantitative estimate of drug-likeness (QED) is 0.0517. The van der Waals surface area contributed by atoms with Crippen molar-refractivity contribution < 1.29 is 36.6 Å². The number of nitrogens with one attached hydrogen (secondary N) is 2. The number of ether oxygens (including phenoxy) is 1. The number of sulfonamides is 2. The van der Waals surface area contributed by atoms with Gasteiger partial charge in [0.05, 0.1) is 42.4 Å². The van der Waals surface area contributed by atoms with Gasteiger partial charge in [-0.1, -0.05) is 53.8 Å². The van der Waals surface area contributed by atoms with Gasteiger partial charge >= 0.3 is 0 Å². The maximum atomic E-state index is 13.3. The number of ketones is 1. The predicted molar refractivity (Wildman–Crippen MR) is 238 cm³/mol. The van der Waals surface area contributed by atoms with Crippen LogP contribution in [0.2, 0.25) is 20.1 Å². The number of anilines is 2. The summed E-state index contributed by atoms with van der Waals surface area (Å²) in [4.78, 5) is 28.3. The van der Waals surface area contributed by atoms with Crippen molar-refractivity contribution in [3.05, 3.63) is 133 Å². The van der Waals surface area contributed by atoms with E-state index < -0.39 is 37.0 Å². The van der Waals surface area contributed by atoms with Gasteiger partial charge in [-0.25, -0.2) is 36.1 Å². The molecule has 0 aliphatic heterocycles. The highest BCUT2D eigenvalue weighted by Crippen LogP contribution is 2.36. The molecule has 4 N–H and O–H groups in total. The Morgan fingerprint density at radius 1 is 0.833 bits per heavy atom. The van der Waals surface area contributed by atoms with E-state index in [4.69, 9.17) is 51.1 Å². The summed E-state index contributed by atoms with van der Waals surface area (Å²) in [7, 11) is -6.86. The van der Waals surface area contributed by atoms with Crippen molar-refractivity contribution in [1.29, 1.82) is 0 Å². The fourth-order valence-corrected chi connectivity index (χ4v) is 9.60. The molecule has 6 aromatic rings. The second-order valence-electron chi connectivity index (χ2n) is 13.7. The van der Waals surface area contributed by atoms with Gasteiger partial charge in [-0.2, -0.15) is 0 Å². The van der Waals surface area contributed by atoms with E-state index in [1.807, 2.05) is 0 Å². The molecule has 60 heavy (non-hydrogen) atoms. The summed E-state index contributed by atoms with van der Waals surface area (Å²) >= 11 is 27.5. The minimum absolute atomic E-state index is 0. The predicted octanol–water partition coefficient (Wildman–Crippen LogP) is 9.34. The summed E-state index contributed by atoms with van der Waals surface area (Å²) in [5.74, 6) is -0.510. The molecular weight excluding hydrogens is 966 g/mol. The van der Waals surface area contributed by atoms with Gasteiger partial charge < -0.3 is 19.9 Å². The Morgan fingerprint density at radius 2 is 1.40 bits per heavy atom. The number of pyridine rings is 3. The van der Waals surface area contributed by atoms with E-state index in [9.17, 15) is 31.8 Å². The van der Waals surface area contributed by atoms with Crippen LogP contribution >= 0.6 is 62.3 Å². The second kappa shape index (κ2) is 19.0. The van der Waals surface area contributed by atoms with Crippen LogP contribution in [0.3, 0.4) is 0 Å². The molecule has 0 saturated carbocycles. The maximum absolute atomic E-state index is 13.3. The number of aromatic amines is 1. The summed E-state index contributed by atoms with van der Waals surface area (Å²) in [6.45, 7) is 5.77. The van der Waals surface area contributed by atoms with Crippen LogP contribution < -0.4 is 9.03 Å². The van der Waals surface area contributed by atoms with E-state index in [-0.39, 0.29) is 66.7 Å². The summed E-state index contributed by atoms with van der Waals surface area (Å²) in [5, 5.41) is 22.0. The molecule has 0 amide bonds. The number of halogens is 5. The molecule has 0 fully saturated rings. The summed E-state index contributed by atoms with van der Waals surface area (Å²) in [6, 6.07) is 14.1. The number of hydrogen-bond acceptors (Lipinski definition) is 11.